The quantitative estimate of drug-likeness (QED) is 0.855. The lowest BCUT2D eigenvalue weighted by Gasteiger charge is -2.35. The summed E-state index contributed by atoms with van der Waals surface area (Å²) in [7, 11) is 0. The van der Waals surface area contributed by atoms with Gasteiger partial charge in [-0.05, 0) is 25.4 Å². The molecule has 2 heterocycles. The molecule has 1 aliphatic heterocycles. The van der Waals surface area contributed by atoms with E-state index in [1.54, 1.807) is 0 Å². The summed E-state index contributed by atoms with van der Waals surface area (Å²) in [6, 6.07) is 9.69. The topological polar surface area (TPSA) is 55.3 Å². The van der Waals surface area contributed by atoms with Gasteiger partial charge in [0.2, 0.25) is 0 Å². The first-order valence-corrected chi connectivity index (χ1v) is 7.75. The Kier molecular flexibility index (Phi) is 3.98. The zero-order valence-corrected chi connectivity index (χ0v) is 12.8. The van der Waals surface area contributed by atoms with Crippen molar-refractivity contribution in [2.24, 2.45) is 0 Å². The van der Waals surface area contributed by atoms with Gasteiger partial charge in [-0.25, -0.2) is 0 Å². The molecule has 1 amide bonds. The minimum absolute atomic E-state index is 0.00847. The Morgan fingerprint density at radius 2 is 1.90 bits per heavy atom. The van der Waals surface area contributed by atoms with E-state index in [2.05, 4.69) is 9.59 Å². The lowest BCUT2D eigenvalue weighted by atomic mass is 10.1. The molecule has 0 bridgehead atoms. The summed E-state index contributed by atoms with van der Waals surface area (Å²) >= 11 is 1.16. The van der Waals surface area contributed by atoms with Crippen LogP contribution >= 0.6 is 11.5 Å². The minimum Gasteiger partial charge on any atom is -0.372 e. The Labute approximate surface area is 127 Å². The summed E-state index contributed by atoms with van der Waals surface area (Å²) in [4.78, 5) is 15.2. The van der Waals surface area contributed by atoms with Gasteiger partial charge in [0, 0.05) is 18.7 Å². The second-order valence-electron chi connectivity index (χ2n) is 5.28. The predicted octanol–water partition coefficient (Wildman–Crippen LogP) is 2.45. The number of nitrogens with zero attached hydrogens (tertiary/aromatic N) is 3. The number of rotatable bonds is 2. The highest BCUT2D eigenvalue weighted by molar-refractivity contribution is 7.08. The maximum absolute atomic E-state index is 12.7. The maximum Gasteiger partial charge on any atom is 0.268 e. The molecule has 0 N–H and O–H groups in total. The van der Waals surface area contributed by atoms with E-state index in [0.717, 1.165) is 17.1 Å². The molecule has 5 nitrogen and oxygen atoms in total. The highest BCUT2D eigenvalue weighted by Crippen LogP contribution is 2.26. The normalized spacial score (nSPS) is 22.3. The fraction of sp³-hybridized carbons (Fsp3) is 0.400. The molecule has 1 aromatic carbocycles. The summed E-state index contributed by atoms with van der Waals surface area (Å²) in [5.74, 6) is -0.00847. The van der Waals surface area contributed by atoms with Crippen molar-refractivity contribution < 1.29 is 9.53 Å². The Morgan fingerprint density at radius 3 is 2.57 bits per heavy atom. The molecular formula is C15H17N3O2S. The van der Waals surface area contributed by atoms with Crippen LogP contribution in [0.15, 0.2) is 30.3 Å². The Morgan fingerprint density at radius 1 is 1.24 bits per heavy atom. The molecule has 2 atom stereocenters. The fourth-order valence-electron chi connectivity index (χ4n) is 2.60. The van der Waals surface area contributed by atoms with Crippen LogP contribution in [0.4, 0.5) is 0 Å². The Hall–Kier alpha value is -1.79. The summed E-state index contributed by atoms with van der Waals surface area (Å²) < 4.78 is 9.64. The van der Waals surface area contributed by atoms with E-state index in [4.69, 9.17) is 4.74 Å². The molecule has 0 saturated carbocycles. The van der Waals surface area contributed by atoms with E-state index in [0.29, 0.717) is 23.7 Å². The van der Waals surface area contributed by atoms with Crippen molar-refractivity contribution in [3.8, 4) is 11.3 Å². The molecule has 110 valence electrons. The van der Waals surface area contributed by atoms with E-state index < -0.39 is 0 Å². The summed E-state index contributed by atoms with van der Waals surface area (Å²) in [6.07, 6.45) is 0.109. The van der Waals surface area contributed by atoms with Crippen molar-refractivity contribution in [3.05, 3.63) is 35.2 Å². The standard InChI is InChI=1S/C15H17N3O2S/c1-10-8-18(9-11(2)20-10)15(19)14-13(16-17-21-14)12-6-4-3-5-7-12/h3-7,10-11H,8-9H2,1-2H3. The van der Waals surface area contributed by atoms with Crippen LogP contribution in [0.5, 0.6) is 0 Å². The first kappa shape index (κ1) is 14.2. The molecule has 2 aromatic rings. The zero-order chi connectivity index (χ0) is 14.8. The molecular weight excluding hydrogens is 286 g/mol. The highest BCUT2D eigenvalue weighted by atomic mass is 32.1. The first-order chi connectivity index (χ1) is 10.1. The molecule has 0 spiro atoms. The number of aromatic nitrogens is 2. The number of carbonyl (C=O) groups is 1. The average molecular weight is 303 g/mol. The molecule has 1 fully saturated rings. The lowest BCUT2D eigenvalue weighted by Crippen LogP contribution is -2.48. The van der Waals surface area contributed by atoms with Crippen LogP contribution in [0.1, 0.15) is 23.5 Å². The van der Waals surface area contributed by atoms with Crippen LogP contribution in [0.25, 0.3) is 11.3 Å². The Balaban J connectivity index is 1.88. The zero-order valence-electron chi connectivity index (χ0n) is 12.0. The monoisotopic (exact) mass is 303 g/mol. The molecule has 2 unspecified atom stereocenters. The van der Waals surface area contributed by atoms with Crippen LogP contribution in [0.2, 0.25) is 0 Å². The van der Waals surface area contributed by atoms with E-state index in [1.165, 1.54) is 0 Å². The van der Waals surface area contributed by atoms with Gasteiger partial charge in [0.1, 0.15) is 10.6 Å². The van der Waals surface area contributed by atoms with E-state index in [1.807, 2.05) is 49.1 Å². The number of benzene rings is 1. The first-order valence-electron chi connectivity index (χ1n) is 6.97. The number of hydrogen-bond donors (Lipinski definition) is 0. The van der Waals surface area contributed by atoms with Gasteiger partial charge in [0.25, 0.3) is 5.91 Å². The minimum atomic E-state index is -0.00847. The number of hydrogen-bond acceptors (Lipinski definition) is 5. The molecule has 6 heteroatoms. The van der Waals surface area contributed by atoms with Crippen LogP contribution < -0.4 is 0 Å². The number of amides is 1. The van der Waals surface area contributed by atoms with Crippen molar-refractivity contribution in [2.75, 3.05) is 13.1 Å². The van der Waals surface area contributed by atoms with Gasteiger partial charge < -0.3 is 9.64 Å². The van der Waals surface area contributed by atoms with Gasteiger partial charge in [0.05, 0.1) is 12.2 Å². The summed E-state index contributed by atoms with van der Waals surface area (Å²) in [6.45, 7) is 5.18. The van der Waals surface area contributed by atoms with Crippen LogP contribution in [0.3, 0.4) is 0 Å². The maximum atomic E-state index is 12.7. The molecule has 1 saturated heterocycles. The van der Waals surface area contributed by atoms with Crippen molar-refractivity contribution in [1.82, 2.24) is 14.5 Å². The van der Waals surface area contributed by atoms with Crippen molar-refractivity contribution >= 4 is 17.4 Å². The molecule has 0 radical (unpaired) electrons. The van der Waals surface area contributed by atoms with Gasteiger partial charge in [-0.3, -0.25) is 4.79 Å². The second kappa shape index (κ2) is 5.91. The molecule has 1 aromatic heterocycles. The summed E-state index contributed by atoms with van der Waals surface area (Å²) in [5.41, 5.74) is 1.58. The van der Waals surface area contributed by atoms with E-state index in [-0.39, 0.29) is 18.1 Å². The lowest BCUT2D eigenvalue weighted by molar-refractivity contribution is -0.0584. The molecule has 1 aliphatic rings. The van der Waals surface area contributed by atoms with Gasteiger partial charge >= 0.3 is 0 Å². The predicted molar refractivity (Wildman–Crippen MR) is 81.3 cm³/mol. The van der Waals surface area contributed by atoms with Gasteiger partial charge in [-0.15, -0.1) is 5.10 Å². The smallest absolute Gasteiger partial charge is 0.268 e. The fourth-order valence-corrected chi connectivity index (χ4v) is 3.26. The number of ether oxygens (including phenoxy) is 1. The SMILES string of the molecule is CC1CN(C(=O)c2snnc2-c2ccccc2)CC(C)O1. The van der Waals surface area contributed by atoms with Crippen LogP contribution in [-0.4, -0.2) is 45.7 Å². The van der Waals surface area contributed by atoms with Gasteiger partial charge in [0.15, 0.2) is 0 Å². The third-order valence-corrected chi connectivity index (χ3v) is 4.15. The van der Waals surface area contributed by atoms with Crippen LogP contribution in [-0.2, 0) is 4.74 Å². The van der Waals surface area contributed by atoms with Gasteiger partial charge in [-0.2, -0.15) is 0 Å². The largest absolute Gasteiger partial charge is 0.372 e. The second-order valence-corrected chi connectivity index (χ2v) is 6.04. The highest BCUT2D eigenvalue weighted by Gasteiger charge is 2.29. The molecule has 21 heavy (non-hydrogen) atoms. The van der Waals surface area contributed by atoms with E-state index >= 15 is 0 Å². The summed E-state index contributed by atoms with van der Waals surface area (Å²) in [5, 5.41) is 4.13. The number of morpholine rings is 1. The van der Waals surface area contributed by atoms with Crippen LogP contribution in [0, 0.1) is 0 Å². The van der Waals surface area contributed by atoms with E-state index in [9.17, 15) is 4.79 Å². The average Bonchev–Trinajstić information content (AvgIpc) is 2.95. The van der Waals surface area contributed by atoms with Crippen molar-refractivity contribution in [3.63, 3.8) is 0 Å². The van der Waals surface area contributed by atoms with Crippen molar-refractivity contribution in [2.45, 2.75) is 26.1 Å². The van der Waals surface area contributed by atoms with Crippen molar-refractivity contribution in [1.29, 1.82) is 0 Å². The van der Waals surface area contributed by atoms with Gasteiger partial charge in [-0.1, -0.05) is 34.8 Å². The third kappa shape index (κ3) is 2.96. The Bertz CT molecular complexity index is 619. The molecule has 3 rings (SSSR count). The molecule has 0 aliphatic carbocycles. The third-order valence-electron chi connectivity index (χ3n) is 3.44. The number of carbonyl (C=O) groups excluding carboxylic acids is 1.